The summed E-state index contributed by atoms with van der Waals surface area (Å²) in [5.74, 6) is -0.170. The normalized spacial score (nSPS) is 34.8. The lowest BCUT2D eigenvalue weighted by Crippen LogP contribution is -2.38. The molecule has 4 atom stereocenters. The number of nitrogens with zero attached hydrogens (tertiary/aromatic N) is 1. The van der Waals surface area contributed by atoms with Crippen LogP contribution in [-0.4, -0.2) is 27.6 Å². The van der Waals surface area contributed by atoms with Gasteiger partial charge >= 0.3 is 6.18 Å². The molecule has 5 rings (SSSR count). The van der Waals surface area contributed by atoms with Gasteiger partial charge in [0.25, 0.3) is 0 Å². The van der Waals surface area contributed by atoms with E-state index in [0.29, 0.717) is 30.4 Å². The maximum absolute atomic E-state index is 13.8. The highest BCUT2D eigenvalue weighted by molar-refractivity contribution is 5.93. The zero-order chi connectivity index (χ0) is 16.9. The number of nitrogens with one attached hydrogen (secondary N) is 1. The van der Waals surface area contributed by atoms with Crippen LogP contribution < -0.4 is 0 Å². The van der Waals surface area contributed by atoms with Crippen LogP contribution in [0.4, 0.5) is 13.2 Å². The molecule has 0 saturated heterocycles. The lowest BCUT2D eigenvalue weighted by Gasteiger charge is -2.38. The molecule has 1 fully saturated rings. The van der Waals surface area contributed by atoms with Crippen molar-refractivity contribution < 1.29 is 18.3 Å². The zero-order valence-corrected chi connectivity index (χ0v) is 13.1. The molecule has 0 aliphatic heterocycles. The molecule has 0 unspecified atom stereocenters. The number of allylic oxidation sites excluding steroid dienone is 1. The van der Waals surface area contributed by atoms with Crippen LogP contribution in [-0.2, 0) is 6.42 Å². The highest BCUT2D eigenvalue weighted by Crippen LogP contribution is 2.67. The average Bonchev–Trinajstić information content (AvgIpc) is 3.15. The van der Waals surface area contributed by atoms with E-state index < -0.39 is 23.3 Å². The molecule has 0 radical (unpaired) electrons. The molecule has 3 aliphatic carbocycles. The van der Waals surface area contributed by atoms with E-state index >= 15 is 0 Å². The van der Waals surface area contributed by atoms with E-state index in [1.54, 1.807) is 18.3 Å². The fourth-order valence-corrected chi connectivity index (χ4v) is 5.55. The monoisotopic (exact) mass is 334 g/mol. The fourth-order valence-electron chi connectivity index (χ4n) is 5.55. The molecular weight excluding hydrogens is 317 g/mol. The summed E-state index contributed by atoms with van der Waals surface area (Å²) in [7, 11) is 0. The van der Waals surface area contributed by atoms with Crippen molar-refractivity contribution in [2.24, 2.45) is 17.3 Å². The first-order valence-corrected chi connectivity index (χ1v) is 8.28. The van der Waals surface area contributed by atoms with Gasteiger partial charge in [-0.1, -0.05) is 13.0 Å². The van der Waals surface area contributed by atoms with Gasteiger partial charge < -0.3 is 5.11 Å². The van der Waals surface area contributed by atoms with E-state index in [2.05, 4.69) is 10.2 Å². The number of aliphatic hydroxyl groups is 1. The minimum atomic E-state index is -4.50. The molecule has 1 saturated carbocycles. The number of halogens is 3. The van der Waals surface area contributed by atoms with Gasteiger partial charge in [-0.2, -0.15) is 18.3 Å². The number of aromatic nitrogens is 2. The molecule has 1 aromatic carbocycles. The quantitative estimate of drug-likeness (QED) is 0.769. The van der Waals surface area contributed by atoms with E-state index in [9.17, 15) is 18.3 Å². The second kappa shape index (κ2) is 4.23. The Morgan fingerprint density at radius 3 is 2.88 bits per heavy atom. The van der Waals surface area contributed by atoms with Gasteiger partial charge in [0, 0.05) is 10.8 Å². The van der Waals surface area contributed by atoms with Crippen LogP contribution in [0.25, 0.3) is 16.5 Å². The van der Waals surface area contributed by atoms with Crippen LogP contribution in [0.3, 0.4) is 0 Å². The minimum absolute atomic E-state index is 0.126. The molecule has 1 aromatic heterocycles. The van der Waals surface area contributed by atoms with E-state index in [0.717, 1.165) is 16.5 Å². The highest BCUT2D eigenvalue weighted by Gasteiger charge is 2.62. The SMILES string of the molecule is C[C@@H]1C[C@H]2C[C@]13Cc1c(ccc4[nH]ncc14)C3=C(C(F)(F)F)[C@@H]2O. The molecule has 126 valence electrons. The predicted octanol–water partition coefficient (Wildman–Crippen LogP) is 3.84. The van der Waals surface area contributed by atoms with Crippen LogP contribution in [0, 0.1) is 17.3 Å². The molecule has 2 N–H and O–H groups in total. The van der Waals surface area contributed by atoms with Crippen LogP contribution in [0.2, 0.25) is 0 Å². The summed E-state index contributed by atoms with van der Waals surface area (Å²) in [5.41, 5.74) is 1.59. The third-order valence-electron chi connectivity index (χ3n) is 6.54. The standard InChI is InChI=1S/C18H17F3N2O/c1-8-4-9-5-17(8)6-11-10(2-3-13-12(11)7-22-23-13)14(17)15(16(9)24)18(19,20)21/h2-3,7-9,16,24H,4-6H2,1H3,(H,22,23)/t8-,9+,16-,17+/m1/s1. The lowest BCUT2D eigenvalue weighted by molar-refractivity contribution is -0.111. The molecule has 1 heterocycles. The maximum atomic E-state index is 13.8. The molecule has 3 aliphatic rings. The van der Waals surface area contributed by atoms with Crippen LogP contribution in [0.15, 0.2) is 23.9 Å². The lowest BCUT2D eigenvalue weighted by atomic mass is 9.67. The molecule has 2 aromatic rings. The first-order valence-electron chi connectivity index (χ1n) is 8.28. The fraction of sp³-hybridized carbons (Fsp3) is 0.500. The van der Waals surface area contributed by atoms with Crippen LogP contribution in [0.5, 0.6) is 0 Å². The largest absolute Gasteiger partial charge is 0.415 e. The number of alkyl halides is 3. The molecule has 24 heavy (non-hydrogen) atoms. The van der Waals surface area contributed by atoms with Gasteiger partial charge in [0.05, 0.1) is 23.4 Å². The van der Waals surface area contributed by atoms with E-state index in [1.165, 1.54) is 0 Å². The Hall–Kier alpha value is -1.82. The highest BCUT2D eigenvalue weighted by atomic mass is 19.4. The maximum Gasteiger partial charge on any atom is 0.415 e. The summed E-state index contributed by atoms with van der Waals surface area (Å²) < 4.78 is 41.5. The molecule has 3 nitrogen and oxygen atoms in total. The molecule has 0 amide bonds. The molecule has 1 spiro atoms. The average molecular weight is 334 g/mol. The Labute approximate surface area is 136 Å². The minimum Gasteiger partial charge on any atom is -0.388 e. The van der Waals surface area contributed by atoms with Crippen molar-refractivity contribution in [3.05, 3.63) is 35.0 Å². The molecular formula is C18H17F3N2O. The van der Waals surface area contributed by atoms with Gasteiger partial charge in [0.1, 0.15) is 0 Å². The predicted molar refractivity (Wildman–Crippen MR) is 83.1 cm³/mol. The Balaban J connectivity index is 1.89. The summed E-state index contributed by atoms with van der Waals surface area (Å²) in [6.07, 6.45) is -2.33. The third-order valence-corrected chi connectivity index (χ3v) is 6.54. The summed E-state index contributed by atoms with van der Waals surface area (Å²) in [4.78, 5) is 0. The van der Waals surface area contributed by atoms with Gasteiger partial charge in [0.2, 0.25) is 0 Å². The van der Waals surface area contributed by atoms with Gasteiger partial charge in [-0.25, -0.2) is 0 Å². The number of benzene rings is 1. The number of rotatable bonds is 0. The van der Waals surface area contributed by atoms with Gasteiger partial charge in [0.15, 0.2) is 0 Å². The first-order chi connectivity index (χ1) is 11.3. The van der Waals surface area contributed by atoms with Crippen molar-refractivity contribution in [1.82, 2.24) is 10.2 Å². The first kappa shape index (κ1) is 14.5. The zero-order valence-electron chi connectivity index (χ0n) is 13.1. The Morgan fingerprint density at radius 2 is 2.12 bits per heavy atom. The van der Waals surface area contributed by atoms with Gasteiger partial charge in [-0.15, -0.1) is 0 Å². The van der Waals surface area contributed by atoms with Crippen molar-refractivity contribution in [1.29, 1.82) is 0 Å². The summed E-state index contributed by atoms with van der Waals surface area (Å²) in [6.45, 7) is 2.03. The molecule has 6 heteroatoms. The van der Waals surface area contributed by atoms with Gasteiger partial charge in [-0.05, 0) is 53.9 Å². The Kier molecular flexibility index (Phi) is 2.56. The number of aliphatic hydroxyl groups excluding tert-OH is 1. The van der Waals surface area contributed by atoms with E-state index in [-0.39, 0.29) is 11.8 Å². The van der Waals surface area contributed by atoms with Crippen molar-refractivity contribution in [2.75, 3.05) is 0 Å². The Bertz CT molecular complexity index is 897. The summed E-state index contributed by atoms with van der Waals surface area (Å²) in [6, 6.07) is 3.56. The molecule has 2 bridgehead atoms. The summed E-state index contributed by atoms with van der Waals surface area (Å²) >= 11 is 0. The smallest absolute Gasteiger partial charge is 0.388 e. The van der Waals surface area contributed by atoms with Crippen LogP contribution >= 0.6 is 0 Å². The van der Waals surface area contributed by atoms with Gasteiger partial charge in [-0.3, -0.25) is 5.10 Å². The number of H-pyrrole nitrogens is 1. The summed E-state index contributed by atoms with van der Waals surface area (Å²) in [5, 5.41) is 18.3. The van der Waals surface area contributed by atoms with Crippen molar-refractivity contribution in [3.63, 3.8) is 0 Å². The number of fused-ring (bicyclic) bond motifs is 5. The van der Waals surface area contributed by atoms with E-state index in [1.807, 2.05) is 6.92 Å². The topological polar surface area (TPSA) is 48.9 Å². The van der Waals surface area contributed by atoms with E-state index in [4.69, 9.17) is 0 Å². The number of hydrogen-bond donors (Lipinski definition) is 2. The number of hydrogen-bond acceptors (Lipinski definition) is 2. The van der Waals surface area contributed by atoms with Crippen molar-refractivity contribution in [2.45, 2.75) is 38.5 Å². The van der Waals surface area contributed by atoms with Crippen LogP contribution in [0.1, 0.15) is 30.9 Å². The third kappa shape index (κ3) is 1.55. The van der Waals surface area contributed by atoms with Crippen molar-refractivity contribution >= 4 is 16.5 Å². The second-order valence-electron chi connectivity index (χ2n) is 7.59. The van der Waals surface area contributed by atoms with Crippen molar-refractivity contribution in [3.8, 4) is 0 Å². The Morgan fingerprint density at radius 1 is 1.33 bits per heavy atom. The second-order valence-corrected chi connectivity index (χ2v) is 7.59. The number of aromatic amines is 1.